The Kier molecular flexibility index (Phi) is 4.54. The summed E-state index contributed by atoms with van der Waals surface area (Å²) >= 11 is 4.18. The zero-order valence-electron chi connectivity index (χ0n) is 11.7. The summed E-state index contributed by atoms with van der Waals surface area (Å²) in [7, 11) is 0. The van der Waals surface area contributed by atoms with Crippen molar-refractivity contribution in [3.8, 4) is 0 Å². The van der Waals surface area contributed by atoms with Crippen molar-refractivity contribution in [2.45, 2.75) is 22.5 Å². The third-order valence-corrected chi connectivity index (χ3v) is 5.01. The second kappa shape index (κ2) is 6.28. The van der Waals surface area contributed by atoms with Gasteiger partial charge in [-0.2, -0.15) is 0 Å². The molecule has 1 aliphatic rings. The molecule has 0 aromatic heterocycles. The Labute approximate surface area is 139 Å². The van der Waals surface area contributed by atoms with Crippen LogP contribution in [0.5, 0.6) is 0 Å². The summed E-state index contributed by atoms with van der Waals surface area (Å²) in [6, 6.07) is 9.73. The van der Waals surface area contributed by atoms with E-state index < -0.39 is 17.4 Å². The van der Waals surface area contributed by atoms with Gasteiger partial charge in [0.15, 0.2) is 11.6 Å². The van der Waals surface area contributed by atoms with E-state index in [-0.39, 0.29) is 9.37 Å². The standard InChI is InChI=1S/C16H13BrF2O2S/c1-16(20-6-7-21-16)10-2-4-12(5-3-10)22-14-9-11(18)8-13(17)15(14)19/h2-5,8-9H,6-7H2,1H3. The maximum Gasteiger partial charge on any atom is 0.192 e. The molecule has 0 unspecified atom stereocenters. The molecule has 0 bridgehead atoms. The Bertz CT molecular complexity index is 685. The molecule has 0 atom stereocenters. The second-order valence-electron chi connectivity index (χ2n) is 4.97. The maximum absolute atomic E-state index is 14.0. The van der Waals surface area contributed by atoms with Crippen molar-refractivity contribution in [3.63, 3.8) is 0 Å². The maximum atomic E-state index is 14.0. The van der Waals surface area contributed by atoms with Gasteiger partial charge in [0.2, 0.25) is 0 Å². The molecule has 2 aromatic carbocycles. The van der Waals surface area contributed by atoms with E-state index >= 15 is 0 Å². The van der Waals surface area contributed by atoms with Crippen LogP contribution in [0.4, 0.5) is 8.78 Å². The fourth-order valence-corrected chi connectivity index (χ4v) is 3.70. The minimum atomic E-state index is -0.726. The first kappa shape index (κ1) is 15.9. The first-order valence-electron chi connectivity index (χ1n) is 6.69. The van der Waals surface area contributed by atoms with E-state index in [0.29, 0.717) is 13.2 Å². The van der Waals surface area contributed by atoms with E-state index in [9.17, 15) is 8.78 Å². The number of ether oxygens (including phenoxy) is 2. The molecule has 0 radical (unpaired) electrons. The lowest BCUT2D eigenvalue weighted by molar-refractivity contribution is -0.149. The molecule has 0 amide bonds. The summed E-state index contributed by atoms with van der Waals surface area (Å²) in [6.45, 7) is 3.00. The van der Waals surface area contributed by atoms with Crippen molar-refractivity contribution in [1.29, 1.82) is 0 Å². The SMILES string of the molecule is CC1(c2ccc(Sc3cc(F)cc(Br)c3F)cc2)OCCO1. The Balaban J connectivity index is 1.82. The van der Waals surface area contributed by atoms with Gasteiger partial charge in [0.1, 0.15) is 5.82 Å². The lowest BCUT2D eigenvalue weighted by Gasteiger charge is -2.22. The minimum absolute atomic E-state index is 0.117. The molecule has 0 saturated carbocycles. The second-order valence-corrected chi connectivity index (χ2v) is 6.94. The topological polar surface area (TPSA) is 18.5 Å². The van der Waals surface area contributed by atoms with Crippen LogP contribution in [0.2, 0.25) is 0 Å². The van der Waals surface area contributed by atoms with Gasteiger partial charge < -0.3 is 9.47 Å². The lowest BCUT2D eigenvalue weighted by atomic mass is 10.1. The van der Waals surface area contributed by atoms with E-state index in [1.165, 1.54) is 17.8 Å². The third-order valence-electron chi connectivity index (χ3n) is 3.40. The molecule has 0 N–H and O–H groups in total. The average Bonchev–Trinajstić information content (AvgIpc) is 2.93. The fourth-order valence-electron chi connectivity index (χ4n) is 2.24. The quantitative estimate of drug-likeness (QED) is 0.683. The highest BCUT2D eigenvalue weighted by molar-refractivity contribution is 9.10. The van der Waals surface area contributed by atoms with Crippen LogP contribution in [0, 0.1) is 11.6 Å². The van der Waals surface area contributed by atoms with Crippen LogP contribution in [0.15, 0.2) is 50.7 Å². The van der Waals surface area contributed by atoms with E-state index in [4.69, 9.17) is 9.47 Å². The smallest absolute Gasteiger partial charge is 0.192 e. The van der Waals surface area contributed by atoms with E-state index in [0.717, 1.165) is 16.5 Å². The van der Waals surface area contributed by atoms with Crippen molar-refractivity contribution in [2.75, 3.05) is 13.2 Å². The van der Waals surface area contributed by atoms with Crippen molar-refractivity contribution >= 4 is 27.7 Å². The van der Waals surface area contributed by atoms with Gasteiger partial charge in [0.25, 0.3) is 0 Å². The largest absolute Gasteiger partial charge is 0.344 e. The van der Waals surface area contributed by atoms with Crippen LogP contribution in [0.1, 0.15) is 12.5 Å². The molecule has 22 heavy (non-hydrogen) atoms. The summed E-state index contributed by atoms with van der Waals surface area (Å²) in [5, 5.41) is 0. The molecular formula is C16H13BrF2O2S. The highest BCUT2D eigenvalue weighted by Gasteiger charge is 2.32. The number of benzene rings is 2. The number of rotatable bonds is 3. The van der Waals surface area contributed by atoms with Crippen LogP contribution in [-0.4, -0.2) is 13.2 Å². The van der Waals surface area contributed by atoms with Gasteiger partial charge in [-0.3, -0.25) is 0 Å². The summed E-state index contributed by atoms with van der Waals surface area (Å²) in [4.78, 5) is 1.04. The van der Waals surface area contributed by atoms with Crippen molar-refractivity contribution in [2.24, 2.45) is 0 Å². The monoisotopic (exact) mass is 386 g/mol. The Hall–Kier alpha value is -0.950. The minimum Gasteiger partial charge on any atom is -0.344 e. The van der Waals surface area contributed by atoms with Crippen LogP contribution in [0.25, 0.3) is 0 Å². The van der Waals surface area contributed by atoms with Gasteiger partial charge >= 0.3 is 0 Å². The zero-order valence-corrected chi connectivity index (χ0v) is 14.1. The van der Waals surface area contributed by atoms with Crippen molar-refractivity contribution in [1.82, 2.24) is 0 Å². The molecule has 2 nitrogen and oxygen atoms in total. The molecule has 0 spiro atoms. The Morgan fingerprint density at radius 2 is 1.73 bits per heavy atom. The third kappa shape index (κ3) is 3.20. The Morgan fingerprint density at radius 3 is 2.36 bits per heavy atom. The average molecular weight is 387 g/mol. The summed E-state index contributed by atoms with van der Waals surface area (Å²) < 4.78 is 38.7. The summed E-state index contributed by atoms with van der Waals surface area (Å²) in [6.07, 6.45) is 0. The lowest BCUT2D eigenvalue weighted by Crippen LogP contribution is -2.22. The molecule has 0 aliphatic carbocycles. The van der Waals surface area contributed by atoms with Crippen LogP contribution >= 0.6 is 27.7 Å². The molecular weight excluding hydrogens is 374 g/mol. The molecule has 1 saturated heterocycles. The molecule has 1 fully saturated rings. The molecule has 3 rings (SSSR count). The number of hydrogen-bond acceptors (Lipinski definition) is 3. The van der Waals surface area contributed by atoms with Crippen LogP contribution in [0.3, 0.4) is 0 Å². The van der Waals surface area contributed by atoms with E-state index in [2.05, 4.69) is 15.9 Å². The van der Waals surface area contributed by atoms with E-state index in [1.54, 1.807) is 0 Å². The Morgan fingerprint density at radius 1 is 1.09 bits per heavy atom. The van der Waals surface area contributed by atoms with Crippen molar-refractivity contribution in [3.05, 3.63) is 58.1 Å². The van der Waals surface area contributed by atoms with Crippen molar-refractivity contribution < 1.29 is 18.3 Å². The van der Waals surface area contributed by atoms with Gasteiger partial charge in [-0.05, 0) is 47.1 Å². The molecule has 6 heteroatoms. The van der Waals surface area contributed by atoms with Gasteiger partial charge in [0.05, 0.1) is 22.6 Å². The highest BCUT2D eigenvalue weighted by atomic mass is 79.9. The highest BCUT2D eigenvalue weighted by Crippen LogP contribution is 2.36. The van der Waals surface area contributed by atoms with Gasteiger partial charge in [0, 0.05) is 10.5 Å². The predicted octanol–water partition coefficient (Wildman–Crippen LogP) is 5.10. The zero-order chi connectivity index (χ0) is 15.7. The molecule has 1 aliphatic heterocycles. The normalized spacial score (nSPS) is 16.9. The van der Waals surface area contributed by atoms with Gasteiger partial charge in [-0.25, -0.2) is 8.78 Å². The molecule has 1 heterocycles. The number of hydrogen-bond donors (Lipinski definition) is 0. The van der Waals surface area contributed by atoms with Gasteiger partial charge in [-0.1, -0.05) is 23.9 Å². The first-order valence-corrected chi connectivity index (χ1v) is 8.30. The van der Waals surface area contributed by atoms with Gasteiger partial charge in [-0.15, -0.1) is 0 Å². The van der Waals surface area contributed by atoms with Crippen LogP contribution < -0.4 is 0 Å². The van der Waals surface area contributed by atoms with E-state index in [1.807, 2.05) is 31.2 Å². The first-order chi connectivity index (χ1) is 10.5. The van der Waals surface area contributed by atoms with Crippen LogP contribution in [-0.2, 0) is 15.3 Å². The molecule has 2 aromatic rings. The predicted molar refractivity (Wildman–Crippen MR) is 83.9 cm³/mol. The fraction of sp³-hybridized carbons (Fsp3) is 0.250. The summed E-state index contributed by atoms with van der Waals surface area (Å²) in [5.41, 5.74) is 0.898. The molecule has 116 valence electrons. The number of halogens is 3. The summed E-state index contributed by atoms with van der Waals surface area (Å²) in [5.74, 6) is -1.67.